The average molecular weight is 535 g/mol. The van der Waals surface area contributed by atoms with Gasteiger partial charge in [-0.3, -0.25) is 9.59 Å². The Balaban J connectivity index is 4.39. The zero-order valence-corrected chi connectivity index (χ0v) is 20.7. The maximum Gasteiger partial charge on any atom is 0.471 e. The molecule has 0 fully saturated rings. The zero-order valence-electron chi connectivity index (χ0n) is 20.7. The van der Waals surface area contributed by atoms with Crippen LogP contribution in [-0.2, 0) is 19.1 Å². The highest BCUT2D eigenvalue weighted by atomic mass is 19.4. The standard InChI is InChI=1S/C23H37F6N3O4/c1-3-19(33)36-18-10-8-6-4-5-7-9-15-32(2,16-11-13-30-20(34)22(24,25)26)17-12-14-31-21(35)23(27,28)29/h3H,1,4-18H2,2H3,(H-,30,31,34,35)/p+1. The van der Waals surface area contributed by atoms with Crippen molar-refractivity contribution in [2.24, 2.45) is 0 Å². The number of ether oxygens (including phenoxy) is 1. The molecular formula is C23H38F6N3O4+. The van der Waals surface area contributed by atoms with Crippen molar-refractivity contribution >= 4 is 17.8 Å². The first kappa shape index (κ1) is 33.7. The lowest BCUT2D eigenvalue weighted by molar-refractivity contribution is -0.910. The lowest BCUT2D eigenvalue weighted by Crippen LogP contribution is -2.48. The number of alkyl halides is 6. The van der Waals surface area contributed by atoms with E-state index in [0.717, 1.165) is 51.0 Å². The maximum atomic E-state index is 12.3. The van der Waals surface area contributed by atoms with Crippen molar-refractivity contribution in [3.8, 4) is 0 Å². The maximum absolute atomic E-state index is 12.3. The minimum Gasteiger partial charge on any atom is -0.463 e. The number of unbranched alkanes of at least 4 members (excludes halogenated alkanes) is 6. The van der Waals surface area contributed by atoms with Crippen LogP contribution in [0.2, 0.25) is 0 Å². The highest BCUT2D eigenvalue weighted by molar-refractivity contribution is 5.82. The summed E-state index contributed by atoms with van der Waals surface area (Å²) in [7, 11) is 1.86. The van der Waals surface area contributed by atoms with Gasteiger partial charge in [0, 0.05) is 32.0 Å². The van der Waals surface area contributed by atoms with Gasteiger partial charge in [-0.05, 0) is 19.3 Å². The second-order valence-corrected chi connectivity index (χ2v) is 8.85. The summed E-state index contributed by atoms with van der Waals surface area (Å²) in [6.45, 7) is 4.85. The molecule has 0 bridgehead atoms. The Labute approximate surface area is 208 Å². The molecule has 0 saturated carbocycles. The van der Waals surface area contributed by atoms with Crippen molar-refractivity contribution < 1.29 is 49.9 Å². The number of amides is 2. The molecule has 0 aromatic rings. The lowest BCUT2D eigenvalue weighted by Gasteiger charge is -2.35. The quantitative estimate of drug-likeness (QED) is 0.0862. The monoisotopic (exact) mass is 534 g/mol. The lowest BCUT2D eigenvalue weighted by atomic mass is 10.1. The van der Waals surface area contributed by atoms with Crippen LogP contribution in [0.5, 0.6) is 0 Å². The van der Waals surface area contributed by atoms with Crippen LogP contribution in [0.15, 0.2) is 12.7 Å². The smallest absolute Gasteiger partial charge is 0.463 e. The highest BCUT2D eigenvalue weighted by Crippen LogP contribution is 2.16. The first-order chi connectivity index (χ1) is 16.7. The van der Waals surface area contributed by atoms with Crippen LogP contribution in [0.25, 0.3) is 0 Å². The van der Waals surface area contributed by atoms with Gasteiger partial charge in [0.25, 0.3) is 0 Å². The molecule has 2 amide bonds. The second kappa shape index (κ2) is 17.2. The molecule has 0 rings (SSSR count). The zero-order chi connectivity index (χ0) is 27.7. The van der Waals surface area contributed by atoms with Crippen molar-refractivity contribution in [3.63, 3.8) is 0 Å². The van der Waals surface area contributed by atoms with Gasteiger partial charge in [-0.15, -0.1) is 0 Å². The largest absolute Gasteiger partial charge is 0.471 e. The number of rotatable bonds is 19. The second-order valence-electron chi connectivity index (χ2n) is 8.85. The summed E-state index contributed by atoms with van der Waals surface area (Å²) in [6, 6.07) is 0. The number of halogens is 6. The van der Waals surface area contributed by atoms with Gasteiger partial charge in [0.05, 0.1) is 33.3 Å². The summed E-state index contributed by atoms with van der Waals surface area (Å²) in [4.78, 5) is 32.8. The van der Waals surface area contributed by atoms with E-state index in [1.165, 1.54) is 0 Å². The van der Waals surface area contributed by atoms with E-state index in [-0.39, 0.29) is 25.9 Å². The fourth-order valence-electron chi connectivity index (χ4n) is 3.57. The highest BCUT2D eigenvalue weighted by Gasteiger charge is 2.39. The van der Waals surface area contributed by atoms with Gasteiger partial charge in [0.1, 0.15) is 0 Å². The van der Waals surface area contributed by atoms with E-state index in [9.17, 15) is 40.7 Å². The van der Waals surface area contributed by atoms with E-state index in [2.05, 4.69) is 6.58 Å². The predicted octanol–water partition coefficient (Wildman–Crippen LogP) is 4.03. The first-order valence-corrected chi connectivity index (χ1v) is 12.0. The molecule has 2 N–H and O–H groups in total. The molecule has 0 aliphatic heterocycles. The molecule has 210 valence electrons. The summed E-state index contributed by atoms with van der Waals surface area (Å²) in [6.07, 6.45) is -1.90. The van der Waals surface area contributed by atoms with E-state index in [4.69, 9.17) is 4.74 Å². The van der Waals surface area contributed by atoms with E-state index >= 15 is 0 Å². The van der Waals surface area contributed by atoms with Crippen LogP contribution in [0, 0.1) is 0 Å². The molecule has 7 nitrogen and oxygen atoms in total. The normalized spacial score (nSPS) is 12.2. The third-order valence-electron chi connectivity index (χ3n) is 5.59. The van der Waals surface area contributed by atoms with Gasteiger partial charge in [0.2, 0.25) is 0 Å². The molecule has 0 heterocycles. The Morgan fingerprint density at radius 3 is 1.53 bits per heavy atom. The third-order valence-corrected chi connectivity index (χ3v) is 5.59. The Hall–Kier alpha value is -2.31. The molecule has 13 heteroatoms. The number of carbonyl (C=O) groups excluding carboxylic acids is 3. The topological polar surface area (TPSA) is 84.5 Å². The molecule has 0 aromatic carbocycles. The van der Waals surface area contributed by atoms with Crippen LogP contribution in [-0.4, -0.2) is 81.0 Å². The Morgan fingerprint density at radius 1 is 0.722 bits per heavy atom. The average Bonchev–Trinajstić information content (AvgIpc) is 2.79. The van der Waals surface area contributed by atoms with Gasteiger partial charge in [-0.25, -0.2) is 4.79 Å². The summed E-state index contributed by atoms with van der Waals surface area (Å²) in [5.41, 5.74) is 0. The number of quaternary nitrogens is 1. The Morgan fingerprint density at radius 2 is 1.11 bits per heavy atom. The molecule has 0 radical (unpaired) electrons. The van der Waals surface area contributed by atoms with Crippen LogP contribution in [0.3, 0.4) is 0 Å². The molecule has 0 saturated heterocycles. The van der Waals surface area contributed by atoms with E-state index in [1.807, 2.05) is 17.7 Å². The molecule has 36 heavy (non-hydrogen) atoms. The van der Waals surface area contributed by atoms with Crippen molar-refractivity contribution in [1.82, 2.24) is 10.6 Å². The van der Waals surface area contributed by atoms with Crippen LogP contribution in [0.4, 0.5) is 26.3 Å². The summed E-state index contributed by atoms with van der Waals surface area (Å²) >= 11 is 0. The van der Waals surface area contributed by atoms with Crippen LogP contribution in [0.1, 0.15) is 57.8 Å². The van der Waals surface area contributed by atoms with Gasteiger partial charge < -0.3 is 19.9 Å². The van der Waals surface area contributed by atoms with Crippen molar-refractivity contribution in [2.75, 3.05) is 46.4 Å². The van der Waals surface area contributed by atoms with Gasteiger partial charge in [0.15, 0.2) is 0 Å². The first-order valence-electron chi connectivity index (χ1n) is 12.0. The minimum absolute atomic E-state index is 0.168. The van der Waals surface area contributed by atoms with Crippen LogP contribution < -0.4 is 10.6 Å². The van der Waals surface area contributed by atoms with Gasteiger partial charge in [-0.1, -0.05) is 32.3 Å². The number of carbonyl (C=O) groups is 3. The van der Waals surface area contributed by atoms with E-state index in [0.29, 0.717) is 30.7 Å². The number of hydrogen-bond acceptors (Lipinski definition) is 4. The SMILES string of the molecule is C=CC(=O)OCCCCCCCCC[N+](C)(CCCNC(=O)C(F)(F)F)CCCNC(=O)C(F)(F)F. The molecule has 0 aromatic heterocycles. The number of nitrogens with zero attached hydrogens (tertiary/aromatic N) is 1. The van der Waals surface area contributed by atoms with Gasteiger partial charge in [-0.2, -0.15) is 26.3 Å². The molecular weight excluding hydrogens is 496 g/mol. The molecule has 0 atom stereocenters. The molecule has 0 spiro atoms. The van der Waals surface area contributed by atoms with Crippen molar-refractivity contribution in [2.45, 2.75) is 70.1 Å². The third kappa shape index (κ3) is 17.2. The minimum atomic E-state index is -4.95. The molecule has 0 aliphatic carbocycles. The molecule has 0 unspecified atom stereocenters. The van der Waals surface area contributed by atoms with E-state index < -0.39 is 30.1 Å². The Kier molecular flexibility index (Phi) is 16.1. The van der Waals surface area contributed by atoms with E-state index in [1.54, 1.807) is 0 Å². The fourth-order valence-corrected chi connectivity index (χ4v) is 3.57. The van der Waals surface area contributed by atoms with Crippen LogP contribution >= 0.6 is 0 Å². The fraction of sp³-hybridized carbons (Fsp3) is 0.783. The number of nitrogens with one attached hydrogen (secondary N) is 2. The van der Waals surface area contributed by atoms with Gasteiger partial charge >= 0.3 is 30.1 Å². The summed E-state index contributed by atoms with van der Waals surface area (Å²) < 4.78 is 79.2. The number of hydrogen-bond donors (Lipinski definition) is 2. The van der Waals surface area contributed by atoms with Crippen molar-refractivity contribution in [1.29, 1.82) is 0 Å². The molecule has 0 aliphatic rings. The van der Waals surface area contributed by atoms with Crippen molar-refractivity contribution in [3.05, 3.63) is 12.7 Å². The Bertz CT molecular complexity index is 650. The summed E-state index contributed by atoms with van der Waals surface area (Å²) in [5, 5.41) is 3.64. The summed E-state index contributed by atoms with van der Waals surface area (Å²) in [5.74, 6) is -4.46. The predicted molar refractivity (Wildman–Crippen MR) is 122 cm³/mol. The number of esters is 1.